The monoisotopic (exact) mass is 434 g/mol. The quantitative estimate of drug-likeness (QED) is 0.450. The zero-order valence-corrected chi connectivity index (χ0v) is 18.9. The first kappa shape index (κ1) is 23.2. The van der Waals surface area contributed by atoms with Crippen LogP contribution in [0.2, 0.25) is 10.0 Å². The van der Waals surface area contributed by atoms with Crippen LogP contribution in [0.15, 0.2) is 36.4 Å². The number of unbranched alkanes of at least 4 members (excludes halogenated alkanes) is 1. The number of benzene rings is 2. The lowest BCUT2D eigenvalue weighted by Gasteiger charge is -2.31. The molecule has 0 aromatic heterocycles. The summed E-state index contributed by atoms with van der Waals surface area (Å²) in [6.07, 6.45) is 2.48. The van der Waals surface area contributed by atoms with Gasteiger partial charge < -0.3 is 10.6 Å². The van der Waals surface area contributed by atoms with Crippen molar-refractivity contribution >= 4 is 46.4 Å². The summed E-state index contributed by atoms with van der Waals surface area (Å²) < 4.78 is 0. The standard InChI is InChI=1S/C23H28Cl2N2O2/c1-5-7-12-23(6-2,21(28)26-19-13-17(24)10-8-15(19)3)22(29)27-20-14-18(25)11-9-16(20)4/h8-11,13-14H,5-7,12H2,1-4H3,(H,26,28)(H,27,29). The zero-order chi connectivity index (χ0) is 21.6. The summed E-state index contributed by atoms with van der Waals surface area (Å²) in [7, 11) is 0. The van der Waals surface area contributed by atoms with Crippen molar-refractivity contribution in [1.82, 2.24) is 0 Å². The highest BCUT2D eigenvalue weighted by Crippen LogP contribution is 2.34. The van der Waals surface area contributed by atoms with Gasteiger partial charge in [-0.2, -0.15) is 0 Å². The molecule has 0 aliphatic heterocycles. The fourth-order valence-electron chi connectivity index (χ4n) is 3.25. The maximum absolute atomic E-state index is 13.4. The number of aryl methyl sites for hydroxylation is 2. The average Bonchev–Trinajstić information content (AvgIpc) is 2.68. The predicted octanol–water partition coefficient (Wildman–Crippen LogP) is 6.77. The van der Waals surface area contributed by atoms with Crippen molar-refractivity contribution in [3.63, 3.8) is 0 Å². The summed E-state index contributed by atoms with van der Waals surface area (Å²) in [5.74, 6) is -0.646. The van der Waals surface area contributed by atoms with Gasteiger partial charge in [0, 0.05) is 21.4 Å². The van der Waals surface area contributed by atoms with E-state index in [1.54, 1.807) is 24.3 Å². The molecule has 2 aromatic carbocycles. The summed E-state index contributed by atoms with van der Waals surface area (Å²) in [6.45, 7) is 7.69. The first-order chi connectivity index (χ1) is 13.7. The Labute approximate surface area is 183 Å². The van der Waals surface area contributed by atoms with E-state index in [9.17, 15) is 9.59 Å². The summed E-state index contributed by atoms with van der Waals surface area (Å²) in [4.78, 5) is 26.8. The van der Waals surface area contributed by atoms with Gasteiger partial charge in [0.2, 0.25) is 11.8 Å². The Morgan fingerprint density at radius 3 is 1.69 bits per heavy atom. The second kappa shape index (κ2) is 10.1. The first-order valence-electron chi connectivity index (χ1n) is 9.88. The van der Waals surface area contributed by atoms with Crippen LogP contribution in [0.3, 0.4) is 0 Å². The van der Waals surface area contributed by atoms with E-state index in [-0.39, 0.29) is 11.8 Å². The van der Waals surface area contributed by atoms with Gasteiger partial charge in [-0.25, -0.2) is 0 Å². The number of amides is 2. The molecule has 0 heterocycles. The highest BCUT2D eigenvalue weighted by molar-refractivity contribution is 6.31. The van der Waals surface area contributed by atoms with Gasteiger partial charge in [-0.1, -0.05) is 62.0 Å². The number of anilines is 2. The van der Waals surface area contributed by atoms with Gasteiger partial charge in [0.05, 0.1) is 0 Å². The molecule has 2 amide bonds. The SMILES string of the molecule is CCCCC(CC)(C(=O)Nc1cc(Cl)ccc1C)C(=O)Nc1cc(Cl)ccc1C. The summed E-state index contributed by atoms with van der Waals surface area (Å²) >= 11 is 12.2. The molecule has 4 nitrogen and oxygen atoms in total. The third-order valence-electron chi connectivity index (χ3n) is 5.33. The second-order valence-electron chi connectivity index (χ2n) is 7.37. The van der Waals surface area contributed by atoms with Crippen molar-refractivity contribution in [2.45, 2.75) is 53.4 Å². The van der Waals surface area contributed by atoms with Crippen LogP contribution in [-0.2, 0) is 9.59 Å². The van der Waals surface area contributed by atoms with E-state index in [4.69, 9.17) is 23.2 Å². The van der Waals surface area contributed by atoms with E-state index in [1.807, 2.05) is 39.8 Å². The molecule has 0 aliphatic carbocycles. The summed E-state index contributed by atoms with van der Waals surface area (Å²) in [6, 6.07) is 10.6. The van der Waals surface area contributed by atoms with Gasteiger partial charge >= 0.3 is 0 Å². The van der Waals surface area contributed by atoms with Gasteiger partial charge in [-0.05, 0) is 62.1 Å². The Kier molecular flexibility index (Phi) is 8.12. The van der Waals surface area contributed by atoms with Gasteiger partial charge in [-0.15, -0.1) is 0 Å². The minimum Gasteiger partial charge on any atom is -0.325 e. The predicted molar refractivity (Wildman–Crippen MR) is 122 cm³/mol. The molecule has 29 heavy (non-hydrogen) atoms. The molecule has 156 valence electrons. The molecule has 0 unspecified atom stereocenters. The smallest absolute Gasteiger partial charge is 0.240 e. The third-order valence-corrected chi connectivity index (χ3v) is 5.80. The number of carbonyl (C=O) groups excluding carboxylic acids is 2. The number of carbonyl (C=O) groups is 2. The van der Waals surface area contributed by atoms with Crippen LogP contribution in [0, 0.1) is 19.3 Å². The van der Waals surface area contributed by atoms with E-state index in [1.165, 1.54) is 0 Å². The zero-order valence-electron chi connectivity index (χ0n) is 17.4. The van der Waals surface area contributed by atoms with E-state index in [0.717, 1.165) is 24.0 Å². The molecule has 0 radical (unpaired) electrons. The highest BCUT2D eigenvalue weighted by atomic mass is 35.5. The van der Waals surface area contributed by atoms with Crippen LogP contribution in [-0.4, -0.2) is 11.8 Å². The summed E-state index contributed by atoms with van der Waals surface area (Å²) in [5, 5.41) is 6.92. The van der Waals surface area contributed by atoms with Crippen LogP contribution in [0.4, 0.5) is 11.4 Å². The minimum absolute atomic E-state index is 0.323. The maximum Gasteiger partial charge on any atom is 0.240 e. The molecule has 0 saturated heterocycles. The van der Waals surface area contributed by atoms with E-state index < -0.39 is 5.41 Å². The van der Waals surface area contributed by atoms with Crippen molar-refractivity contribution in [1.29, 1.82) is 0 Å². The van der Waals surface area contributed by atoms with Gasteiger partial charge in [-0.3, -0.25) is 9.59 Å². The molecule has 0 spiro atoms. The van der Waals surface area contributed by atoms with Crippen LogP contribution < -0.4 is 10.6 Å². The molecule has 0 fully saturated rings. The fraction of sp³-hybridized carbons (Fsp3) is 0.391. The topological polar surface area (TPSA) is 58.2 Å². The van der Waals surface area contributed by atoms with E-state index >= 15 is 0 Å². The Bertz CT molecular complexity index is 831. The van der Waals surface area contributed by atoms with Crippen molar-refractivity contribution < 1.29 is 9.59 Å². The number of rotatable bonds is 8. The molecule has 0 bridgehead atoms. The van der Waals surface area contributed by atoms with Crippen molar-refractivity contribution in [3.8, 4) is 0 Å². The molecule has 0 saturated carbocycles. The fourth-order valence-corrected chi connectivity index (χ4v) is 3.59. The largest absolute Gasteiger partial charge is 0.325 e. The Balaban J connectivity index is 2.37. The Hall–Kier alpha value is -2.04. The van der Waals surface area contributed by atoms with Crippen LogP contribution >= 0.6 is 23.2 Å². The summed E-state index contributed by atoms with van der Waals surface area (Å²) in [5.41, 5.74) is 1.80. The lowest BCUT2D eigenvalue weighted by Crippen LogP contribution is -2.46. The van der Waals surface area contributed by atoms with Gasteiger partial charge in [0.1, 0.15) is 5.41 Å². The first-order valence-corrected chi connectivity index (χ1v) is 10.6. The molecule has 0 atom stereocenters. The molecule has 0 aliphatic rings. The Morgan fingerprint density at radius 2 is 1.31 bits per heavy atom. The normalized spacial score (nSPS) is 11.2. The third kappa shape index (κ3) is 5.52. The maximum atomic E-state index is 13.4. The molecule has 2 aromatic rings. The second-order valence-corrected chi connectivity index (χ2v) is 8.24. The molecule has 2 rings (SSSR count). The van der Waals surface area contributed by atoms with Crippen molar-refractivity contribution in [3.05, 3.63) is 57.6 Å². The highest BCUT2D eigenvalue weighted by Gasteiger charge is 2.44. The lowest BCUT2D eigenvalue weighted by molar-refractivity contribution is -0.138. The van der Waals surface area contributed by atoms with Crippen LogP contribution in [0.1, 0.15) is 50.7 Å². The lowest BCUT2D eigenvalue weighted by atomic mass is 9.78. The number of hydrogen-bond donors (Lipinski definition) is 2. The number of hydrogen-bond acceptors (Lipinski definition) is 2. The number of nitrogens with one attached hydrogen (secondary N) is 2. The molecular weight excluding hydrogens is 407 g/mol. The van der Waals surface area contributed by atoms with Crippen molar-refractivity contribution in [2.24, 2.45) is 5.41 Å². The molecular formula is C23H28Cl2N2O2. The van der Waals surface area contributed by atoms with Crippen LogP contribution in [0.25, 0.3) is 0 Å². The number of halogens is 2. The molecule has 6 heteroatoms. The Morgan fingerprint density at radius 1 is 0.862 bits per heavy atom. The minimum atomic E-state index is -1.19. The van der Waals surface area contributed by atoms with Gasteiger partial charge in [0.25, 0.3) is 0 Å². The van der Waals surface area contributed by atoms with E-state index in [2.05, 4.69) is 10.6 Å². The van der Waals surface area contributed by atoms with Crippen LogP contribution in [0.5, 0.6) is 0 Å². The van der Waals surface area contributed by atoms with Gasteiger partial charge in [0.15, 0.2) is 0 Å². The average molecular weight is 435 g/mol. The van der Waals surface area contributed by atoms with Crippen molar-refractivity contribution in [2.75, 3.05) is 10.6 Å². The van der Waals surface area contributed by atoms with E-state index in [0.29, 0.717) is 34.3 Å². The molecule has 2 N–H and O–H groups in total.